The predicted molar refractivity (Wildman–Crippen MR) is 347 cm³/mol. The fourth-order valence-corrected chi connectivity index (χ4v) is 11.5. The van der Waals surface area contributed by atoms with E-state index in [1.807, 2.05) is 0 Å². The second kappa shape index (κ2) is 27.0. The average Bonchev–Trinajstić information content (AvgIpc) is 1.70. The van der Waals surface area contributed by atoms with E-state index in [4.69, 9.17) is 31.9 Å². The molecule has 0 aliphatic heterocycles. The number of carboxylic acids is 1. The molecular formula is C67H55F2LiN6O17S2. The van der Waals surface area contributed by atoms with Crippen LogP contribution < -0.4 is 47.6 Å². The Hall–Kier alpha value is -10.8. The molecule has 0 radical (unpaired) electrons. The zero-order valence-electron chi connectivity index (χ0n) is 52.2. The summed E-state index contributed by atoms with van der Waals surface area (Å²) >= 11 is 0. The van der Waals surface area contributed by atoms with Gasteiger partial charge in [0.1, 0.15) is 56.9 Å². The maximum Gasteiger partial charge on any atom is 1.00 e. The van der Waals surface area contributed by atoms with Gasteiger partial charge in [0.05, 0.1) is 78.6 Å². The number of nitrogens with zero attached hydrogens (tertiary/aromatic N) is 4. The van der Waals surface area contributed by atoms with Gasteiger partial charge in [-0.2, -0.15) is 0 Å². The third-order valence-corrected chi connectivity index (χ3v) is 17.7. The van der Waals surface area contributed by atoms with Crippen LogP contribution in [0.5, 0.6) is 11.5 Å². The number of anilines is 2. The van der Waals surface area contributed by atoms with Crippen molar-refractivity contribution in [2.24, 2.45) is 0 Å². The number of ether oxygens (including phenoxy) is 3. The van der Waals surface area contributed by atoms with E-state index in [1.165, 1.54) is 122 Å². The van der Waals surface area contributed by atoms with Crippen LogP contribution in [0.2, 0.25) is 0 Å². The van der Waals surface area contributed by atoms with E-state index >= 15 is 0 Å². The van der Waals surface area contributed by atoms with Crippen LogP contribution in [0.25, 0.3) is 112 Å². The first kappa shape index (κ1) is 68.5. The van der Waals surface area contributed by atoms with E-state index in [1.54, 1.807) is 72.8 Å². The van der Waals surface area contributed by atoms with E-state index in [0.29, 0.717) is 94.5 Å². The normalized spacial score (nSPS) is 11.3. The molecule has 4 N–H and O–H groups in total. The van der Waals surface area contributed by atoms with Crippen LogP contribution in [0.4, 0.5) is 20.2 Å². The number of aromatic nitrogens is 2. The molecule has 0 bridgehead atoms. The second-order valence-corrected chi connectivity index (χ2v) is 25.0. The molecule has 95 heavy (non-hydrogen) atoms. The number of hydrogen-bond acceptors (Lipinski definition) is 18. The number of benzene rings is 8. The number of halogens is 2. The molecule has 0 atom stereocenters. The second-order valence-electron chi connectivity index (χ2n) is 21.0. The van der Waals surface area contributed by atoms with Crippen LogP contribution in [0, 0.1) is 11.6 Å². The summed E-state index contributed by atoms with van der Waals surface area (Å²) in [6, 6.07) is 36.6. The van der Waals surface area contributed by atoms with Crippen LogP contribution in [0.3, 0.4) is 0 Å². The number of sulfonamides is 2. The number of oxazole rings is 2. The predicted octanol–water partition coefficient (Wildman–Crippen LogP) is 9.27. The third-order valence-electron chi connectivity index (χ3n) is 15.3. The van der Waals surface area contributed by atoms with Gasteiger partial charge in [-0.15, -0.1) is 0 Å². The van der Waals surface area contributed by atoms with Crippen LogP contribution in [0.15, 0.2) is 163 Å². The van der Waals surface area contributed by atoms with Crippen molar-refractivity contribution in [1.29, 1.82) is 0 Å². The molecule has 0 spiro atoms. The van der Waals surface area contributed by atoms with Crippen molar-refractivity contribution in [3.63, 3.8) is 0 Å². The number of furan rings is 2. The van der Waals surface area contributed by atoms with Crippen molar-refractivity contribution < 1.29 is 106 Å². The monoisotopic (exact) mass is 1320 g/mol. The molecule has 0 aliphatic rings. The largest absolute Gasteiger partial charge is 1.00 e. The Balaban J connectivity index is 0.000000219. The molecule has 0 saturated carbocycles. The number of carbonyl (C=O) groups is 4. The van der Waals surface area contributed by atoms with Crippen LogP contribution in [0.1, 0.15) is 41.4 Å². The number of nitrogens with one attached hydrogen (secondary N) is 2. The molecule has 4 aromatic heterocycles. The van der Waals surface area contributed by atoms with Crippen molar-refractivity contribution in [3.8, 4) is 79.3 Å². The third kappa shape index (κ3) is 13.3. The van der Waals surface area contributed by atoms with Crippen LogP contribution in [-0.4, -0.2) is 123 Å². The Morgan fingerprint density at radius 3 is 1.23 bits per heavy atom. The summed E-state index contributed by atoms with van der Waals surface area (Å²) in [7, 11) is 2.46. The molecule has 4 heterocycles. The quantitative estimate of drug-likeness (QED) is 0.0599. The summed E-state index contributed by atoms with van der Waals surface area (Å²) < 4.78 is 121. The zero-order valence-corrected chi connectivity index (χ0v) is 53.9. The zero-order chi connectivity index (χ0) is 66.5. The van der Waals surface area contributed by atoms with Gasteiger partial charge < -0.3 is 53.1 Å². The molecule has 28 heteroatoms. The topological polar surface area (TPSA) is 323 Å². The summed E-state index contributed by atoms with van der Waals surface area (Å²) in [6.45, 7) is 0. The molecular weight excluding hydrogens is 1270 g/mol. The van der Waals surface area contributed by atoms with Crippen molar-refractivity contribution in [1.82, 2.24) is 20.6 Å². The van der Waals surface area contributed by atoms with E-state index in [9.17, 15) is 49.9 Å². The number of rotatable bonds is 16. The minimum Gasteiger partial charge on any atom is -0.870 e. The standard InChI is InChI=1S/C34H28FN3O8S.C33H26FN3O8S.Li.H2O/c1-36-32(39)30-23-16-22(26(38(2)47(5,41)42)17-29(23)45-31(30)18-6-10-21(35)11-7-18)19-8-12-27(43-3)24(14-19)33-37-25-15-20(34(40)44-4)9-13-28(25)46-33;1-35-31(38)29-22-15-21(25(37(2)46(4,41)42)16-28(22)44-30(29)17-5-9-20(34)10-6-17)18-7-11-26(43-3)23(13-18)32-36-24-14-19(33(39)40)8-12-27(24)45-32;;/h6-17H,1-5H3,(H,36,39);5-16H,1-4H3,(H,35,38)(H,39,40);;1H2/q;;+1;/p-1. The Kier molecular flexibility index (Phi) is 19.5. The summed E-state index contributed by atoms with van der Waals surface area (Å²) in [6.07, 6.45) is 2.13. The molecule has 23 nitrogen and oxygen atoms in total. The number of carbonyl (C=O) groups excluding carboxylic acids is 3. The number of hydrogen-bond donors (Lipinski definition) is 3. The molecule has 8 aromatic carbocycles. The van der Waals surface area contributed by atoms with E-state index < -0.39 is 55.4 Å². The van der Waals surface area contributed by atoms with Gasteiger partial charge in [0.25, 0.3) is 11.8 Å². The molecule has 2 amide bonds. The number of methoxy groups -OCH3 is 3. The smallest absolute Gasteiger partial charge is 0.870 e. The van der Waals surface area contributed by atoms with Gasteiger partial charge >= 0.3 is 30.8 Å². The van der Waals surface area contributed by atoms with Crippen molar-refractivity contribution in [3.05, 3.63) is 179 Å². The number of carboxylic acid groups (broad SMARTS) is 1. The first-order valence-electron chi connectivity index (χ1n) is 27.9. The fraction of sp³-hybridized carbons (Fsp3) is 0.134. The maximum atomic E-state index is 13.7. The Labute approximate surface area is 552 Å². The summed E-state index contributed by atoms with van der Waals surface area (Å²) in [5.41, 5.74) is 6.89. The minimum atomic E-state index is -3.77. The SMILES string of the molecule is CNC(=O)c1c(-c2ccc(F)cc2)oc2cc(N(C)S(C)(=O)=O)c(-c3ccc(OC)c(-c4nc5cc(C(=O)O)ccc5o4)c3)cc12.CNC(=O)c1c(-c2ccc(F)cc2)oc2cc(N(C)S(C)(=O)=O)c(-c3ccc(OC)c(-c4nc5cc(C(=O)OC)ccc5o4)c3)cc12.[Li+].[OH-]. The minimum absolute atomic E-state index is 0. The molecule has 482 valence electrons. The molecule has 0 fully saturated rings. The van der Waals surface area contributed by atoms with E-state index in [2.05, 4.69) is 20.6 Å². The van der Waals surface area contributed by atoms with Crippen molar-refractivity contribution in [2.45, 2.75) is 0 Å². The van der Waals surface area contributed by atoms with E-state index in [0.717, 1.165) is 21.1 Å². The molecule has 0 unspecified atom stereocenters. The van der Waals surface area contributed by atoms with Gasteiger partial charge in [-0.1, -0.05) is 12.1 Å². The first-order chi connectivity index (χ1) is 44.3. The van der Waals surface area contributed by atoms with Gasteiger partial charge in [-0.3, -0.25) is 18.2 Å². The van der Waals surface area contributed by atoms with E-state index in [-0.39, 0.29) is 86.9 Å². The number of aromatic carboxylic acids is 1. The first-order valence-corrected chi connectivity index (χ1v) is 31.6. The molecule has 12 aromatic rings. The average molecular weight is 1330 g/mol. The molecule has 12 rings (SSSR count). The van der Waals surface area contributed by atoms with Gasteiger partial charge in [0.2, 0.25) is 31.8 Å². The summed E-state index contributed by atoms with van der Waals surface area (Å²) in [5, 5.41) is 15.4. The van der Waals surface area contributed by atoms with Gasteiger partial charge in [-0.05, 0) is 132 Å². The van der Waals surface area contributed by atoms with Gasteiger partial charge in [0, 0.05) is 73.3 Å². The molecule has 0 saturated heterocycles. The van der Waals surface area contributed by atoms with Crippen molar-refractivity contribution >= 4 is 99.3 Å². The Morgan fingerprint density at radius 1 is 0.495 bits per heavy atom. The Bertz CT molecular complexity index is 5260. The Morgan fingerprint density at radius 2 is 0.874 bits per heavy atom. The fourth-order valence-electron chi connectivity index (χ4n) is 10.5. The molecule has 0 aliphatic carbocycles. The van der Waals surface area contributed by atoms with Crippen LogP contribution >= 0.6 is 0 Å². The van der Waals surface area contributed by atoms with Gasteiger partial charge in [-0.25, -0.2) is 45.2 Å². The van der Waals surface area contributed by atoms with Crippen LogP contribution in [-0.2, 0) is 24.8 Å². The van der Waals surface area contributed by atoms with Crippen molar-refractivity contribution in [2.75, 3.05) is 70.6 Å². The summed E-state index contributed by atoms with van der Waals surface area (Å²) in [5.74, 6) is -1.95. The maximum absolute atomic E-state index is 13.7. The number of amides is 2. The number of esters is 1. The summed E-state index contributed by atoms with van der Waals surface area (Å²) in [4.78, 5) is 59.1. The number of fused-ring (bicyclic) bond motifs is 4. The van der Waals surface area contributed by atoms with Gasteiger partial charge in [0.15, 0.2) is 11.2 Å².